The van der Waals surface area contributed by atoms with E-state index in [9.17, 15) is 0 Å². The fraction of sp³-hybridized carbons (Fsp3) is 0.0169. The molecule has 1 aliphatic rings. The summed E-state index contributed by atoms with van der Waals surface area (Å²) in [5.41, 5.74) is 18.4. The van der Waals surface area contributed by atoms with Crippen LogP contribution in [-0.4, -0.2) is 9.97 Å². The maximum atomic E-state index is 6.10. The summed E-state index contributed by atoms with van der Waals surface area (Å²) in [6.45, 7) is 0. The molecule has 0 radical (unpaired) electrons. The summed E-state index contributed by atoms with van der Waals surface area (Å²) in [4.78, 5) is 10.3. The van der Waals surface area contributed by atoms with E-state index in [-0.39, 0.29) is 0 Å². The Morgan fingerprint density at radius 3 is 1.53 bits per heavy atom. The summed E-state index contributed by atoms with van der Waals surface area (Å²) < 4.78 is 6.10. The third-order valence-electron chi connectivity index (χ3n) is 12.6. The molecule has 0 saturated heterocycles. The van der Waals surface area contributed by atoms with E-state index >= 15 is 0 Å². The van der Waals surface area contributed by atoms with Crippen LogP contribution >= 0.6 is 0 Å². The van der Waals surface area contributed by atoms with Gasteiger partial charge in [-0.15, -0.1) is 0 Å². The summed E-state index contributed by atoms with van der Waals surface area (Å²) in [5, 5.41) is 2.25. The Balaban J connectivity index is 0.940. The number of hydrogen-bond acceptors (Lipinski definition) is 3. The minimum absolute atomic E-state index is 0.448. The lowest BCUT2D eigenvalue weighted by Gasteiger charge is -2.34. The van der Waals surface area contributed by atoms with E-state index in [4.69, 9.17) is 14.4 Å². The number of rotatable bonds is 7. The van der Waals surface area contributed by atoms with Crippen molar-refractivity contribution in [3.63, 3.8) is 0 Å². The second-order valence-corrected chi connectivity index (χ2v) is 16.0. The quantitative estimate of drug-likeness (QED) is 0.161. The molecule has 62 heavy (non-hydrogen) atoms. The number of fused-ring (bicyclic) bond motifs is 6. The zero-order chi connectivity index (χ0) is 41.0. The lowest BCUT2D eigenvalue weighted by atomic mass is 9.67. The first-order valence-electron chi connectivity index (χ1n) is 21.1. The summed E-state index contributed by atoms with van der Waals surface area (Å²) in [6, 6.07) is 82.3. The minimum atomic E-state index is -0.448. The van der Waals surface area contributed by atoms with E-state index in [1.807, 2.05) is 30.3 Å². The van der Waals surface area contributed by atoms with Crippen LogP contribution in [0.4, 0.5) is 0 Å². The van der Waals surface area contributed by atoms with E-state index in [1.165, 1.54) is 38.9 Å². The van der Waals surface area contributed by atoms with Crippen molar-refractivity contribution in [2.24, 2.45) is 0 Å². The highest BCUT2D eigenvalue weighted by molar-refractivity contribution is 6.06. The summed E-state index contributed by atoms with van der Waals surface area (Å²) in [7, 11) is 0. The summed E-state index contributed by atoms with van der Waals surface area (Å²) >= 11 is 0. The van der Waals surface area contributed by atoms with Gasteiger partial charge in [0.1, 0.15) is 11.2 Å². The Morgan fingerprint density at radius 2 is 0.839 bits per heavy atom. The lowest BCUT2D eigenvalue weighted by molar-refractivity contribution is 0.669. The average molecular weight is 791 g/mol. The molecule has 2 aromatic heterocycles. The van der Waals surface area contributed by atoms with Crippen LogP contribution in [0.1, 0.15) is 22.3 Å². The molecule has 0 unspecified atom stereocenters. The summed E-state index contributed by atoms with van der Waals surface area (Å²) in [6.07, 6.45) is 0. The molecule has 3 heteroatoms. The van der Waals surface area contributed by atoms with E-state index < -0.39 is 5.41 Å². The van der Waals surface area contributed by atoms with Crippen LogP contribution in [0, 0.1) is 0 Å². The monoisotopic (exact) mass is 790 g/mol. The van der Waals surface area contributed by atoms with Crippen molar-refractivity contribution in [3.8, 4) is 67.3 Å². The van der Waals surface area contributed by atoms with Crippen LogP contribution in [-0.2, 0) is 5.41 Å². The third-order valence-corrected chi connectivity index (χ3v) is 12.6. The van der Waals surface area contributed by atoms with Crippen molar-refractivity contribution in [1.29, 1.82) is 0 Å². The van der Waals surface area contributed by atoms with Gasteiger partial charge in [-0.2, -0.15) is 0 Å². The van der Waals surface area contributed by atoms with Gasteiger partial charge in [0.2, 0.25) is 0 Å². The molecule has 0 atom stereocenters. The van der Waals surface area contributed by atoms with Crippen molar-refractivity contribution in [3.05, 3.63) is 253 Å². The fourth-order valence-corrected chi connectivity index (χ4v) is 9.75. The molecule has 0 bridgehead atoms. The first kappa shape index (κ1) is 35.8. The zero-order valence-electron chi connectivity index (χ0n) is 33.7. The molecule has 3 nitrogen and oxygen atoms in total. The van der Waals surface area contributed by atoms with Gasteiger partial charge in [0.15, 0.2) is 5.82 Å². The predicted octanol–water partition coefficient (Wildman–Crippen LogP) is 15.1. The van der Waals surface area contributed by atoms with Gasteiger partial charge in [0.25, 0.3) is 0 Å². The van der Waals surface area contributed by atoms with Crippen molar-refractivity contribution >= 4 is 21.9 Å². The Labute approximate surface area is 360 Å². The molecule has 1 aliphatic carbocycles. The molecular weight excluding hydrogens is 753 g/mol. The standard InChI is InChI=1S/C59H38N2O/c1-4-15-43(16-5-1)58-60-53(41-31-27-39(28-32-41)44-35-36-56-50(37-44)48-21-11-13-26-55(48)62-56)38-54(61-58)42-33-29-40(30-34-42)47-23-14-25-52-57(47)49-22-10-12-24-51(49)59(52,45-17-6-2-7-18-45)46-19-8-3-9-20-46/h1-38H. The highest BCUT2D eigenvalue weighted by atomic mass is 16.3. The molecule has 0 aliphatic heterocycles. The Bertz CT molecular complexity index is 3390. The fourth-order valence-electron chi connectivity index (χ4n) is 9.75. The van der Waals surface area contributed by atoms with Crippen molar-refractivity contribution in [2.45, 2.75) is 5.41 Å². The maximum Gasteiger partial charge on any atom is 0.160 e. The molecule has 2 heterocycles. The molecule has 290 valence electrons. The maximum absolute atomic E-state index is 6.10. The normalized spacial score (nSPS) is 12.6. The van der Waals surface area contributed by atoms with Gasteiger partial charge in [0, 0.05) is 27.5 Å². The van der Waals surface area contributed by atoms with Crippen LogP contribution < -0.4 is 0 Å². The van der Waals surface area contributed by atoms with Gasteiger partial charge < -0.3 is 4.42 Å². The number of furan rings is 1. The predicted molar refractivity (Wildman–Crippen MR) is 254 cm³/mol. The van der Waals surface area contributed by atoms with Crippen LogP contribution in [0.25, 0.3) is 89.2 Å². The molecule has 11 aromatic rings. The third kappa shape index (κ3) is 5.74. The van der Waals surface area contributed by atoms with Gasteiger partial charge in [-0.25, -0.2) is 9.97 Å². The van der Waals surface area contributed by atoms with Gasteiger partial charge in [0.05, 0.1) is 16.8 Å². The first-order valence-corrected chi connectivity index (χ1v) is 21.1. The molecule has 0 N–H and O–H groups in total. The second-order valence-electron chi connectivity index (χ2n) is 16.0. The van der Waals surface area contributed by atoms with E-state index in [0.717, 1.165) is 66.7 Å². The first-order chi connectivity index (χ1) is 30.7. The van der Waals surface area contributed by atoms with E-state index in [1.54, 1.807) is 0 Å². The highest BCUT2D eigenvalue weighted by Crippen LogP contribution is 2.58. The molecule has 9 aromatic carbocycles. The smallest absolute Gasteiger partial charge is 0.160 e. The van der Waals surface area contributed by atoms with Crippen LogP contribution in [0.15, 0.2) is 235 Å². The second kappa shape index (κ2) is 14.5. The number of nitrogens with zero attached hydrogens (tertiary/aromatic N) is 2. The molecule has 12 rings (SSSR count). The van der Waals surface area contributed by atoms with Crippen molar-refractivity contribution < 1.29 is 4.42 Å². The Hall–Kier alpha value is -8.14. The van der Waals surface area contributed by atoms with Crippen LogP contribution in [0.5, 0.6) is 0 Å². The Morgan fingerprint density at radius 1 is 0.323 bits per heavy atom. The largest absolute Gasteiger partial charge is 0.456 e. The Kier molecular flexibility index (Phi) is 8.39. The lowest BCUT2D eigenvalue weighted by Crippen LogP contribution is -2.28. The van der Waals surface area contributed by atoms with Gasteiger partial charge in [-0.3, -0.25) is 0 Å². The number of benzene rings is 9. The van der Waals surface area contributed by atoms with Crippen molar-refractivity contribution in [1.82, 2.24) is 9.97 Å². The van der Waals surface area contributed by atoms with E-state index in [0.29, 0.717) is 5.82 Å². The van der Waals surface area contributed by atoms with E-state index in [2.05, 4.69) is 200 Å². The number of aromatic nitrogens is 2. The molecule has 0 amide bonds. The van der Waals surface area contributed by atoms with Gasteiger partial charge in [-0.1, -0.05) is 206 Å². The minimum Gasteiger partial charge on any atom is -0.456 e. The average Bonchev–Trinajstić information content (AvgIpc) is 3.88. The van der Waals surface area contributed by atoms with Crippen LogP contribution in [0.2, 0.25) is 0 Å². The molecule has 0 spiro atoms. The topological polar surface area (TPSA) is 38.9 Å². The zero-order valence-corrected chi connectivity index (χ0v) is 33.7. The number of para-hydroxylation sites is 1. The van der Waals surface area contributed by atoms with Gasteiger partial charge in [-0.05, 0) is 79.9 Å². The number of hydrogen-bond donors (Lipinski definition) is 0. The SMILES string of the molecule is c1ccc(-c2nc(-c3ccc(-c4ccc5oc6ccccc6c5c4)cc3)cc(-c3ccc(-c4cccc5c4-c4ccccc4C5(c4ccccc4)c4ccccc4)cc3)n2)cc1. The van der Waals surface area contributed by atoms with Crippen molar-refractivity contribution in [2.75, 3.05) is 0 Å². The molecule has 0 fully saturated rings. The van der Waals surface area contributed by atoms with Crippen LogP contribution in [0.3, 0.4) is 0 Å². The highest BCUT2D eigenvalue weighted by Gasteiger charge is 2.46. The van der Waals surface area contributed by atoms with Gasteiger partial charge >= 0.3 is 0 Å². The summed E-state index contributed by atoms with van der Waals surface area (Å²) in [5.74, 6) is 0.694. The molecule has 0 saturated carbocycles. The molecular formula is C59H38N2O.